The largest absolute Gasteiger partial charge is 0.497 e. The Morgan fingerprint density at radius 3 is 2.70 bits per heavy atom. The molecule has 1 aromatic carbocycles. The van der Waals surface area contributed by atoms with E-state index in [-0.39, 0.29) is 0 Å². The molecule has 3 aromatic rings. The molecule has 0 aliphatic rings. The molecule has 3 rings (SSSR count). The zero-order chi connectivity index (χ0) is 16.1. The van der Waals surface area contributed by atoms with E-state index in [1.54, 1.807) is 19.4 Å². The van der Waals surface area contributed by atoms with Gasteiger partial charge in [0.15, 0.2) is 0 Å². The van der Waals surface area contributed by atoms with Crippen molar-refractivity contribution in [1.82, 2.24) is 9.97 Å². The van der Waals surface area contributed by atoms with Gasteiger partial charge in [-0.1, -0.05) is 0 Å². The zero-order valence-electron chi connectivity index (χ0n) is 12.6. The molecule has 0 fully saturated rings. The van der Waals surface area contributed by atoms with Crippen molar-refractivity contribution in [2.24, 2.45) is 0 Å². The molecule has 0 saturated heterocycles. The van der Waals surface area contributed by atoms with Gasteiger partial charge in [0.05, 0.1) is 19.9 Å². The topological polar surface area (TPSA) is 98.2 Å². The number of anilines is 4. The molecule has 0 unspecified atom stereocenters. The first-order valence-electron chi connectivity index (χ1n) is 7.05. The summed E-state index contributed by atoms with van der Waals surface area (Å²) in [7, 11) is 1.63. The lowest BCUT2D eigenvalue weighted by molar-refractivity contribution is 0.415. The minimum atomic E-state index is 0.373. The second kappa shape index (κ2) is 6.69. The molecule has 7 nitrogen and oxygen atoms in total. The van der Waals surface area contributed by atoms with Crippen molar-refractivity contribution < 1.29 is 9.15 Å². The second-order valence-corrected chi connectivity index (χ2v) is 4.79. The Labute approximate surface area is 133 Å². The molecule has 7 heteroatoms. The Morgan fingerprint density at radius 1 is 1.17 bits per heavy atom. The first-order valence-corrected chi connectivity index (χ1v) is 7.05. The average molecular weight is 311 g/mol. The standard InChI is InChI=1S/C16H17N5O2/c1-22-12-6-4-11(5-7-12)19-16-20-14(17)9-15(21-16)18-10-13-3-2-8-23-13/h2-9H,10H2,1H3,(H4,17,18,19,20,21). The number of methoxy groups -OCH3 is 1. The highest BCUT2D eigenvalue weighted by atomic mass is 16.5. The van der Waals surface area contributed by atoms with E-state index in [0.29, 0.717) is 24.1 Å². The van der Waals surface area contributed by atoms with Crippen molar-refractivity contribution in [2.75, 3.05) is 23.5 Å². The van der Waals surface area contributed by atoms with Gasteiger partial charge in [-0.25, -0.2) is 0 Å². The first kappa shape index (κ1) is 14.7. The molecule has 0 bridgehead atoms. The van der Waals surface area contributed by atoms with E-state index in [4.69, 9.17) is 14.9 Å². The van der Waals surface area contributed by atoms with Gasteiger partial charge < -0.3 is 25.5 Å². The van der Waals surface area contributed by atoms with Gasteiger partial charge in [-0.2, -0.15) is 9.97 Å². The van der Waals surface area contributed by atoms with E-state index >= 15 is 0 Å². The molecule has 0 atom stereocenters. The van der Waals surface area contributed by atoms with Crippen LogP contribution in [0.4, 0.5) is 23.3 Å². The SMILES string of the molecule is COc1ccc(Nc2nc(N)cc(NCc3ccco3)n2)cc1. The normalized spacial score (nSPS) is 10.3. The van der Waals surface area contributed by atoms with Crippen LogP contribution in [0.2, 0.25) is 0 Å². The van der Waals surface area contributed by atoms with Crippen LogP contribution < -0.4 is 21.1 Å². The number of hydrogen-bond donors (Lipinski definition) is 3. The third-order valence-corrected chi connectivity index (χ3v) is 3.12. The Bertz CT molecular complexity index is 757. The number of benzene rings is 1. The van der Waals surface area contributed by atoms with Crippen LogP contribution in [0, 0.1) is 0 Å². The van der Waals surface area contributed by atoms with Crippen molar-refractivity contribution in [1.29, 1.82) is 0 Å². The molecule has 0 spiro atoms. The highest BCUT2D eigenvalue weighted by Gasteiger charge is 2.04. The van der Waals surface area contributed by atoms with E-state index < -0.39 is 0 Å². The van der Waals surface area contributed by atoms with Gasteiger partial charge in [0.25, 0.3) is 0 Å². The Hall–Kier alpha value is -3.22. The number of nitrogens with zero attached hydrogens (tertiary/aromatic N) is 2. The smallest absolute Gasteiger partial charge is 0.231 e. The van der Waals surface area contributed by atoms with Crippen molar-refractivity contribution in [3.8, 4) is 5.75 Å². The van der Waals surface area contributed by atoms with Gasteiger partial charge in [-0.15, -0.1) is 0 Å². The Morgan fingerprint density at radius 2 is 2.00 bits per heavy atom. The van der Waals surface area contributed by atoms with Crippen LogP contribution in [0.25, 0.3) is 0 Å². The number of nitrogen functional groups attached to an aromatic ring is 1. The predicted octanol–water partition coefficient (Wildman–Crippen LogP) is 3.02. The van der Waals surface area contributed by atoms with Gasteiger partial charge in [0, 0.05) is 11.8 Å². The maximum atomic E-state index is 5.83. The number of hydrogen-bond acceptors (Lipinski definition) is 7. The van der Waals surface area contributed by atoms with Crippen LogP contribution in [0.15, 0.2) is 53.1 Å². The molecule has 0 saturated carbocycles. The molecule has 4 N–H and O–H groups in total. The highest BCUT2D eigenvalue weighted by molar-refractivity contribution is 5.58. The Balaban J connectivity index is 1.71. The lowest BCUT2D eigenvalue weighted by Gasteiger charge is -2.09. The first-order chi connectivity index (χ1) is 11.2. The van der Waals surface area contributed by atoms with Gasteiger partial charge in [0.1, 0.15) is 23.1 Å². The number of nitrogens with two attached hydrogens (primary N) is 1. The minimum Gasteiger partial charge on any atom is -0.497 e. The van der Waals surface area contributed by atoms with Crippen molar-refractivity contribution in [3.05, 3.63) is 54.5 Å². The van der Waals surface area contributed by atoms with E-state index in [0.717, 1.165) is 17.2 Å². The fourth-order valence-electron chi connectivity index (χ4n) is 2.01. The van der Waals surface area contributed by atoms with E-state index in [1.165, 1.54) is 0 Å². The summed E-state index contributed by atoms with van der Waals surface area (Å²) in [5.74, 6) is 3.00. The van der Waals surface area contributed by atoms with Crippen LogP contribution >= 0.6 is 0 Å². The van der Waals surface area contributed by atoms with Crippen molar-refractivity contribution in [3.63, 3.8) is 0 Å². The fourth-order valence-corrected chi connectivity index (χ4v) is 2.01. The fraction of sp³-hybridized carbons (Fsp3) is 0.125. The van der Waals surface area contributed by atoms with Gasteiger partial charge in [-0.3, -0.25) is 0 Å². The molecule has 118 valence electrons. The number of aromatic nitrogens is 2. The lowest BCUT2D eigenvalue weighted by atomic mass is 10.3. The summed E-state index contributed by atoms with van der Waals surface area (Å²) in [4.78, 5) is 8.56. The van der Waals surface area contributed by atoms with E-state index in [9.17, 15) is 0 Å². The van der Waals surface area contributed by atoms with Crippen LogP contribution in [-0.4, -0.2) is 17.1 Å². The van der Waals surface area contributed by atoms with Gasteiger partial charge in [0.2, 0.25) is 5.95 Å². The molecule has 0 aliphatic heterocycles. The van der Waals surface area contributed by atoms with Crippen molar-refractivity contribution in [2.45, 2.75) is 6.54 Å². The summed E-state index contributed by atoms with van der Waals surface area (Å²) in [5, 5.41) is 6.26. The molecular formula is C16H17N5O2. The highest BCUT2D eigenvalue weighted by Crippen LogP contribution is 2.20. The maximum absolute atomic E-state index is 5.83. The van der Waals surface area contributed by atoms with Crippen LogP contribution in [0.1, 0.15) is 5.76 Å². The number of rotatable bonds is 6. The van der Waals surface area contributed by atoms with E-state index in [2.05, 4.69) is 20.6 Å². The van der Waals surface area contributed by atoms with Gasteiger partial charge >= 0.3 is 0 Å². The second-order valence-electron chi connectivity index (χ2n) is 4.79. The summed E-state index contributed by atoms with van der Waals surface area (Å²) in [6, 6.07) is 12.8. The van der Waals surface area contributed by atoms with Crippen molar-refractivity contribution >= 4 is 23.3 Å². The molecule has 23 heavy (non-hydrogen) atoms. The molecule has 0 radical (unpaired) electrons. The zero-order valence-corrected chi connectivity index (χ0v) is 12.6. The summed E-state index contributed by atoms with van der Waals surface area (Å²) in [6.07, 6.45) is 1.63. The lowest BCUT2D eigenvalue weighted by Crippen LogP contribution is -2.06. The molecule has 0 aliphatic carbocycles. The van der Waals surface area contributed by atoms with Crippen LogP contribution in [0.3, 0.4) is 0 Å². The molecular weight excluding hydrogens is 294 g/mol. The number of nitrogens with one attached hydrogen (secondary N) is 2. The Kier molecular flexibility index (Phi) is 4.28. The summed E-state index contributed by atoms with van der Waals surface area (Å²) in [5.41, 5.74) is 6.67. The third-order valence-electron chi connectivity index (χ3n) is 3.12. The monoisotopic (exact) mass is 311 g/mol. The molecule has 2 heterocycles. The van der Waals surface area contributed by atoms with Crippen LogP contribution in [0.5, 0.6) is 5.75 Å². The van der Waals surface area contributed by atoms with Crippen LogP contribution in [-0.2, 0) is 6.54 Å². The van der Waals surface area contributed by atoms with Gasteiger partial charge in [-0.05, 0) is 36.4 Å². The summed E-state index contributed by atoms with van der Waals surface area (Å²) < 4.78 is 10.4. The number of furan rings is 1. The molecule has 0 amide bonds. The minimum absolute atomic E-state index is 0.373. The third kappa shape index (κ3) is 3.91. The average Bonchev–Trinajstić information content (AvgIpc) is 3.07. The summed E-state index contributed by atoms with van der Waals surface area (Å²) in [6.45, 7) is 0.519. The predicted molar refractivity (Wildman–Crippen MR) is 88.8 cm³/mol. The maximum Gasteiger partial charge on any atom is 0.231 e. The quantitative estimate of drug-likeness (QED) is 0.643. The van der Waals surface area contributed by atoms with E-state index in [1.807, 2.05) is 36.4 Å². The number of ether oxygens (including phenoxy) is 1. The summed E-state index contributed by atoms with van der Waals surface area (Å²) >= 11 is 0. The molecule has 2 aromatic heterocycles.